The summed E-state index contributed by atoms with van der Waals surface area (Å²) in [7, 11) is 0. The van der Waals surface area contributed by atoms with Gasteiger partial charge in [0.05, 0.1) is 6.61 Å². The summed E-state index contributed by atoms with van der Waals surface area (Å²) in [5.74, 6) is 2.09. The van der Waals surface area contributed by atoms with E-state index in [0.29, 0.717) is 11.8 Å². The molecule has 2 fully saturated rings. The maximum Gasteiger partial charge on any atom is 0.243 e. The van der Waals surface area contributed by atoms with Crippen LogP contribution in [0.2, 0.25) is 0 Å². The normalized spacial score (nSPS) is 31.4. The standard InChI is InChI=1S/C15H25NO2/c1-3-4-13-8-14(13)11(2)7-15(17)16-9-12-5-6-18-10-12/h7,12-14H,3-6,8-10H2,1-2H3,(H,16,17)/b11-7+. The van der Waals surface area contributed by atoms with Crippen molar-refractivity contribution >= 4 is 5.91 Å². The van der Waals surface area contributed by atoms with Crippen molar-refractivity contribution in [3.05, 3.63) is 11.6 Å². The van der Waals surface area contributed by atoms with E-state index in [1.807, 2.05) is 0 Å². The number of carbonyl (C=O) groups is 1. The first kappa shape index (κ1) is 13.6. The van der Waals surface area contributed by atoms with Crippen molar-refractivity contribution in [3.63, 3.8) is 0 Å². The molecule has 3 unspecified atom stereocenters. The van der Waals surface area contributed by atoms with Gasteiger partial charge in [-0.25, -0.2) is 0 Å². The quantitative estimate of drug-likeness (QED) is 0.737. The molecule has 0 radical (unpaired) electrons. The van der Waals surface area contributed by atoms with E-state index < -0.39 is 0 Å². The van der Waals surface area contributed by atoms with Gasteiger partial charge in [-0.1, -0.05) is 25.3 Å². The molecule has 0 aromatic rings. The second kappa shape index (κ2) is 6.37. The Morgan fingerprint density at radius 2 is 2.33 bits per heavy atom. The largest absolute Gasteiger partial charge is 0.381 e. The minimum atomic E-state index is 0.0709. The molecule has 3 atom stereocenters. The van der Waals surface area contributed by atoms with Crippen LogP contribution in [0.25, 0.3) is 0 Å². The predicted molar refractivity (Wildman–Crippen MR) is 72.2 cm³/mol. The Hall–Kier alpha value is -0.830. The third kappa shape index (κ3) is 3.84. The van der Waals surface area contributed by atoms with Gasteiger partial charge in [-0.15, -0.1) is 0 Å². The number of amides is 1. The maximum atomic E-state index is 11.8. The zero-order valence-corrected chi connectivity index (χ0v) is 11.6. The first-order valence-corrected chi connectivity index (χ1v) is 7.24. The summed E-state index contributed by atoms with van der Waals surface area (Å²) in [5.41, 5.74) is 1.26. The number of nitrogens with one attached hydrogen (secondary N) is 1. The van der Waals surface area contributed by atoms with E-state index >= 15 is 0 Å². The summed E-state index contributed by atoms with van der Waals surface area (Å²) >= 11 is 0. The molecule has 0 spiro atoms. The number of ether oxygens (including phenoxy) is 1. The van der Waals surface area contributed by atoms with Crippen molar-refractivity contribution < 1.29 is 9.53 Å². The molecule has 18 heavy (non-hydrogen) atoms. The Kier molecular flexibility index (Phi) is 4.81. The molecule has 3 nitrogen and oxygen atoms in total. The van der Waals surface area contributed by atoms with Crippen LogP contribution < -0.4 is 5.32 Å². The molecule has 0 bridgehead atoms. The lowest BCUT2D eigenvalue weighted by Gasteiger charge is -2.08. The molecule has 3 heteroatoms. The second-order valence-electron chi connectivity index (χ2n) is 5.75. The van der Waals surface area contributed by atoms with E-state index in [1.165, 1.54) is 24.8 Å². The van der Waals surface area contributed by atoms with Gasteiger partial charge in [0, 0.05) is 25.1 Å². The Morgan fingerprint density at radius 3 is 3.00 bits per heavy atom. The van der Waals surface area contributed by atoms with Crippen molar-refractivity contribution in [1.82, 2.24) is 5.32 Å². The minimum absolute atomic E-state index is 0.0709. The molecule has 2 aliphatic rings. The van der Waals surface area contributed by atoms with Crippen LogP contribution >= 0.6 is 0 Å². The highest BCUT2D eigenvalue weighted by Crippen LogP contribution is 2.46. The van der Waals surface area contributed by atoms with Gasteiger partial charge in [-0.05, 0) is 31.6 Å². The lowest BCUT2D eigenvalue weighted by Crippen LogP contribution is -2.28. The van der Waals surface area contributed by atoms with Crippen LogP contribution in [-0.2, 0) is 9.53 Å². The lowest BCUT2D eigenvalue weighted by atomic mass is 10.1. The summed E-state index contributed by atoms with van der Waals surface area (Å²) in [5, 5.41) is 2.99. The first-order valence-electron chi connectivity index (χ1n) is 7.24. The van der Waals surface area contributed by atoms with Gasteiger partial charge in [-0.2, -0.15) is 0 Å². The molecule has 2 rings (SSSR count). The van der Waals surface area contributed by atoms with E-state index in [4.69, 9.17) is 4.74 Å². The Labute approximate surface area is 110 Å². The zero-order chi connectivity index (χ0) is 13.0. The molecule has 1 amide bonds. The average Bonchev–Trinajstić information content (AvgIpc) is 2.91. The van der Waals surface area contributed by atoms with E-state index in [2.05, 4.69) is 19.2 Å². The van der Waals surface area contributed by atoms with Crippen molar-refractivity contribution in [2.75, 3.05) is 19.8 Å². The number of hydrogen-bond donors (Lipinski definition) is 1. The van der Waals surface area contributed by atoms with Gasteiger partial charge in [0.25, 0.3) is 0 Å². The molecular weight excluding hydrogens is 226 g/mol. The molecule has 102 valence electrons. The van der Waals surface area contributed by atoms with Gasteiger partial charge < -0.3 is 10.1 Å². The predicted octanol–water partition coefficient (Wildman–Crippen LogP) is 2.52. The monoisotopic (exact) mass is 251 g/mol. The molecule has 0 aromatic carbocycles. The van der Waals surface area contributed by atoms with Crippen LogP contribution in [0.5, 0.6) is 0 Å². The minimum Gasteiger partial charge on any atom is -0.381 e. The van der Waals surface area contributed by atoms with Crippen LogP contribution in [0.4, 0.5) is 0 Å². The van der Waals surface area contributed by atoms with E-state index in [9.17, 15) is 4.79 Å². The van der Waals surface area contributed by atoms with Gasteiger partial charge in [-0.3, -0.25) is 4.79 Å². The molecule has 0 aromatic heterocycles. The third-order valence-electron chi connectivity index (χ3n) is 4.11. The van der Waals surface area contributed by atoms with Gasteiger partial charge in [0.1, 0.15) is 0 Å². The SMILES string of the molecule is CCCC1CC1/C(C)=C/C(=O)NCC1CCOC1. The topological polar surface area (TPSA) is 38.3 Å². The van der Waals surface area contributed by atoms with Gasteiger partial charge in [0.2, 0.25) is 5.91 Å². The van der Waals surface area contributed by atoms with Crippen molar-refractivity contribution in [2.24, 2.45) is 17.8 Å². The van der Waals surface area contributed by atoms with Crippen molar-refractivity contribution in [2.45, 2.75) is 39.5 Å². The smallest absolute Gasteiger partial charge is 0.243 e. The number of allylic oxidation sites excluding steroid dienone is 1. The summed E-state index contributed by atoms with van der Waals surface area (Å²) in [6.07, 6.45) is 6.71. The Morgan fingerprint density at radius 1 is 1.50 bits per heavy atom. The number of rotatable bonds is 6. The maximum absolute atomic E-state index is 11.8. The highest BCUT2D eigenvalue weighted by Gasteiger charge is 2.37. The summed E-state index contributed by atoms with van der Waals surface area (Å²) < 4.78 is 5.29. The molecule has 1 aliphatic carbocycles. The fourth-order valence-corrected chi connectivity index (χ4v) is 2.85. The molecule has 1 N–H and O–H groups in total. The molecular formula is C15H25NO2. The molecule has 1 aliphatic heterocycles. The van der Waals surface area contributed by atoms with E-state index in [-0.39, 0.29) is 5.91 Å². The summed E-state index contributed by atoms with van der Waals surface area (Å²) in [6, 6.07) is 0. The van der Waals surface area contributed by atoms with E-state index in [0.717, 1.165) is 32.1 Å². The van der Waals surface area contributed by atoms with E-state index in [1.54, 1.807) is 6.08 Å². The molecule has 1 heterocycles. The van der Waals surface area contributed by atoms with Crippen LogP contribution in [0.3, 0.4) is 0 Å². The lowest BCUT2D eigenvalue weighted by molar-refractivity contribution is -0.116. The van der Waals surface area contributed by atoms with Crippen LogP contribution in [-0.4, -0.2) is 25.7 Å². The summed E-state index contributed by atoms with van der Waals surface area (Å²) in [4.78, 5) is 11.8. The first-order chi connectivity index (χ1) is 8.70. The highest BCUT2D eigenvalue weighted by atomic mass is 16.5. The number of hydrogen-bond acceptors (Lipinski definition) is 2. The Balaban J connectivity index is 1.69. The van der Waals surface area contributed by atoms with Crippen LogP contribution in [0.1, 0.15) is 39.5 Å². The zero-order valence-electron chi connectivity index (χ0n) is 11.6. The highest BCUT2D eigenvalue weighted by molar-refractivity contribution is 5.88. The second-order valence-corrected chi connectivity index (χ2v) is 5.75. The fraction of sp³-hybridized carbons (Fsp3) is 0.800. The van der Waals surface area contributed by atoms with Crippen molar-refractivity contribution in [1.29, 1.82) is 0 Å². The number of carbonyl (C=O) groups excluding carboxylic acids is 1. The molecule has 1 saturated heterocycles. The average molecular weight is 251 g/mol. The van der Waals surface area contributed by atoms with Gasteiger partial charge >= 0.3 is 0 Å². The van der Waals surface area contributed by atoms with Gasteiger partial charge in [0.15, 0.2) is 0 Å². The fourth-order valence-electron chi connectivity index (χ4n) is 2.85. The van der Waals surface area contributed by atoms with Crippen molar-refractivity contribution in [3.8, 4) is 0 Å². The van der Waals surface area contributed by atoms with Crippen LogP contribution in [0.15, 0.2) is 11.6 Å². The van der Waals surface area contributed by atoms with Crippen LogP contribution in [0, 0.1) is 17.8 Å². The third-order valence-corrected chi connectivity index (χ3v) is 4.11. The Bertz CT molecular complexity index is 318. The summed E-state index contributed by atoms with van der Waals surface area (Å²) in [6.45, 7) is 6.72. The molecule has 1 saturated carbocycles.